The highest BCUT2D eigenvalue weighted by Crippen LogP contribution is 2.38. The Kier molecular flexibility index (Phi) is 1.46. The first-order valence-electron chi connectivity index (χ1n) is 4.01. The minimum absolute atomic E-state index is 0.226. The molecule has 0 saturated heterocycles. The van der Waals surface area contributed by atoms with Crippen LogP contribution in [-0.4, -0.2) is 9.78 Å². The molecule has 11 heavy (non-hydrogen) atoms. The molecule has 1 aliphatic rings. The van der Waals surface area contributed by atoms with Crippen molar-refractivity contribution in [3.63, 3.8) is 0 Å². The van der Waals surface area contributed by atoms with E-state index in [9.17, 15) is 0 Å². The third kappa shape index (κ3) is 1.28. The summed E-state index contributed by atoms with van der Waals surface area (Å²) in [5.41, 5.74) is 7.14. The molecule has 0 unspecified atom stereocenters. The summed E-state index contributed by atoms with van der Waals surface area (Å²) in [5.74, 6) is 0.721. The quantitative estimate of drug-likeness (QED) is 0.680. The maximum absolute atomic E-state index is 5.96. The van der Waals surface area contributed by atoms with Crippen LogP contribution in [0.5, 0.6) is 0 Å². The summed E-state index contributed by atoms with van der Waals surface area (Å²) in [5, 5.41) is 4.08. The Hall–Kier alpha value is -0.830. The van der Waals surface area contributed by atoms with E-state index >= 15 is 0 Å². The van der Waals surface area contributed by atoms with Crippen molar-refractivity contribution in [1.82, 2.24) is 9.78 Å². The molecule has 1 heterocycles. The summed E-state index contributed by atoms with van der Waals surface area (Å²) in [6.07, 6.45) is 6.44. The standard InChI is InChI=1S/C8H13N3/c1-11-5-7(4-10-11)8(9)6-2-3-6/h4-6,8H,2-3,9H2,1H3/t8-/m0/s1. The lowest BCUT2D eigenvalue weighted by molar-refractivity contribution is 0.632. The summed E-state index contributed by atoms with van der Waals surface area (Å²) >= 11 is 0. The third-order valence-corrected chi connectivity index (χ3v) is 2.24. The average Bonchev–Trinajstić information content (AvgIpc) is 2.74. The zero-order chi connectivity index (χ0) is 7.84. The number of rotatable bonds is 2. The monoisotopic (exact) mass is 151 g/mol. The molecular formula is C8H13N3. The molecule has 0 aromatic carbocycles. The van der Waals surface area contributed by atoms with Crippen LogP contribution < -0.4 is 5.73 Å². The van der Waals surface area contributed by atoms with Gasteiger partial charge in [-0.15, -0.1) is 0 Å². The predicted molar refractivity (Wildman–Crippen MR) is 42.9 cm³/mol. The first-order valence-corrected chi connectivity index (χ1v) is 4.01. The Labute approximate surface area is 66.2 Å². The smallest absolute Gasteiger partial charge is 0.0537 e. The van der Waals surface area contributed by atoms with Crippen LogP contribution in [0.4, 0.5) is 0 Å². The van der Waals surface area contributed by atoms with Gasteiger partial charge in [-0.25, -0.2) is 0 Å². The first-order chi connectivity index (χ1) is 5.27. The maximum Gasteiger partial charge on any atom is 0.0537 e. The van der Waals surface area contributed by atoms with Crippen molar-refractivity contribution in [2.24, 2.45) is 18.7 Å². The van der Waals surface area contributed by atoms with Crippen molar-refractivity contribution in [1.29, 1.82) is 0 Å². The van der Waals surface area contributed by atoms with Crippen LogP contribution >= 0.6 is 0 Å². The lowest BCUT2D eigenvalue weighted by Gasteiger charge is -2.05. The number of nitrogens with two attached hydrogens (primary N) is 1. The van der Waals surface area contributed by atoms with Crippen LogP contribution in [0, 0.1) is 5.92 Å². The molecule has 1 atom stereocenters. The van der Waals surface area contributed by atoms with Crippen molar-refractivity contribution in [2.45, 2.75) is 18.9 Å². The molecule has 3 heteroatoms. The van der Waals surface area contributed by atoms with Gasteiger partial charge in [0.05, 0.1) is 6.20 Å². The van der Waals surface area contributed by atoms with Crippen molar-refractivity contribution in [2.75, 3.05) is 0 Å². The maximum atomic E-state index is 5.96. The van der Waals surface area contributed by atoms with Crippen LogP contribution in [0.15, 0.2) is 12.4 Å². The Morgan fingerprint density at radius 2 is 2.45 bits per heavy atom. The Bertz CT molecular complexity index is 250. The van der Waals surface area contributed by atoms with Crippen LogP contribution in [0.25, 0.3) is 0 Å². The van der Waals surface area contributed by atoms with Gasteiger partial charge in [0.2, 0.25) is 0 Å². The molecule has 2 rings (SSSR count). The zero-order valence-corrected chi connectivity index (χ0v) is 6.70. The van der Waals surface area contributed by atoms with E-state index in [0.717, 1.165) is 5.92 Å². The minimum atomic E-state index is 0.226. The van der Waals surface area contributed by atoms with Gasteiger partial charge in [-0.05, 0) is 18.8 Å². The van der Waals surface area contributed by atoms with Crippen LogP contribution in [0.3, 0.4) is 0 Å². The van der Waals surface area contributed by atoms with E-state index in [1.165, 1.54) is 18.4 Å². The summed E-state index contributed by atoms with van der Waals surface area (Å²) < 4.78 is 1.80. The average molecular weight is 151 g/mol. The lowest BCUT2D eigenvalue weighted by atomic mass is 10.1. The van der Waals surface area contributed by atoms with E-state index < -0.39 is 0 Å². The van der Waals surface area contributed by atoms with E-state index in [0.29, 0.717) is 0 Å². The predicted octanol–water partition coefficient (Wildman–Crippen LogP) is 0.830. The summed E-state index contributed by atoms with van der Waals surface area (Å²) in [6, 6.07) is 0.226. The second-order valence-electron chi connectivity index (χ2n) is 3.31. The molecule has 0 spiro atoms. The lowest BCUT2D eigenvalue weighted by Crippen LogP contribution is -2.11. The summed E-state index contributed by atoms with van der Waals surface area (Å²) in [4.78, 5) is 0. The third-order valence-electron chi connectivity index (χ3n) is 2.24. The Balaban J connectivity index is 2.14. The van der Waals surface area contributed by atoms with E-state index in [-0.39, 0.29) is 6.04 Å². The fraction of sp³-hybridized carbons (Fsp3) is 0.625. The number of hydrogen-bond donors (Lipinski definition) is 1. The highest BCUT2D eigenvalue weighted by Gasteiger charge is 2.29. The van der Waals surface area contributed by atoms with Gasteiger partial charge in [-0.2, -0.15) is 5.10 Å². The largest absolute Gasteiger partial charge is 0.324 e. The fourth-order valence-corrected chi connectivity index (χ4v) is 1.34. The van der Waals surface area contributed by atoms with Crippen molar-refractivity contribution < 1.29 is 0 Å². The number of nitrogens with zero attached hydrogens (tertiary/aromatic N) is 2. The van der Waals surface area contributed by atoms with Gasteiger partial charge in [0, 0.05) is 24.8 Å². The van der Waals surface area contributed by atoms with Crippen LogP contribution in [0.1, 0.15) is 24.4 Å². The molecule has 60 valence electrons. The molecule has 2 N–H and O–H groups in total. The van der Waals surface area contributed by atoms with Gasteiger partial charge in [-0.1, -0.05) is 0 Å². The van der Waals surface area contributed by atoms with Crippen LogP contribution in [0.2, 0.25) is 0 Å². The van der Waals surface area contributed by atoms with E-state index in [2.05, 4.69) is 5.10 Å². The molecule has 1 fully saturated rings. The summed E-state index contributed by atoms with van der Waals surface area (Å²) in [7, 11) is 1.92. The second-order valence-corrected chi connectivity index (χ2v) is 3.31. The van der Waals surface area contributed by atoms with Crippen molar-refractivity contribution in [3.05, 3.63) is 18.0 Å². The second kappa shape index (κ2) is 2.34. The SMILES string of the molecule is Cn1cc([C@@H](N)C2CC2)cn1. The minimum Gasteiger partial charge on any atom is -0.324 e. The molecule has 1 saturated carbocycles. The molecule has 1 aliphatic carbocycles. The highest BCUT2D eigenvalue weighted by molar-refractivity contribution is 5.12. The Morgan fingerprint density at radius 1 is 1.73 bits per heavy atom. The normalized spacial score (nSPS) is 20.2. The molecular weight excluding hydrogens is 138 g/mol. The van der Waals surface area contributed by atoms with E-state index in [1.807, 2.05) is 19.4 Å². The van der Waals surface area contributed by atoms with Gasteiger partial charge >= 0.3 is 0 Å². The summed E-state index contributed by atoms with van der Waals surface area (Å²) in [6.45, 7) is 0. The highest BCUT2D eigenvalue weighted by atomic mass is 15.2. The number of aromatic nitrogens is 2. The van der Waals surface area contributed by atoms with Gasteiger partial charge in [0.1, 0.15) is 0 Å². The van der Waals surface area contributed by atoms with E-state index in [4.69, 9.17) is 5.73 Å². The number of hydrogen-bond acceptors (Lipinski definition) is 2. The van der Waals surface area contributed by atoms with Crippen molar-refractivity contribution in [3.8, 4) is 0 Å². The van der Waals surface area contributed by atoms with Crippen LogP contribution in [-0.2, 0) is 7.05 Å². The van der Waals surface area contributed by atoms with E-state index in [1.54, 1.807) is 4.68 Å². The molecule has 0 amide bonds. The number of aryl methyl sites for hydroxylation is 1. The first kappa shape index (κ1) is 6.85. The zero-order valence-electron chi connectivity index (χ0n) is 6.70. The molecule has 0 bridgehead atoms. The molecule has 1 aromatic rings. The van der Waals surface area contributed by atoms with Gasteiger partial charge in [0.25, 0.3) is 0 Å². The molecule has 1 aromatic heterocycles. The molecule has 0 radical (unpaired) electrons. The molecule has 0 aliphatic heterocycles. The molecule has 3 nitrogen and oxygen atoms in total. The van der Waals surface area contributed by atoms with Gasteiger partial charge in [-0.3, -0.25) is 4.68 Å². The topological polar surface area (TPSA) is 43.8 Å². The van der Waals surface area contributed by atoms with Crippen molar-refractivity contribution >= 4 is 0 Å². The fourth-order valence-electron chi connectivity index (χ4n) is 1.34. The Morgan fingerprint density at radius 3 is 2.91 bits per heavy atom. The van der Waals surface area contributed by atoms with Gasteiger partial charge < -0.3 is 5.73 Å². The van der Waals surface area contributed by atoms with Gasteiger partial charge in [0.15, 0.2) is 0 Å².